The van der Waals surface area contributed by atoms with Gasteiger partial charge in [0, 0.05) is 60.8 Å². The molecule has 0 bridgehead atoms. The number of hydrogen-bond acceptors (Lipinski definition) is 4. The predicted molar refractivity (Wildman–Crippen MR) is 303 cm³/mol. The molecule has 4 aromatic heterocycles. The van der Waals surface area contributed by atoms with E-state index in [1.807, 2.05) is 42.6 Å². The highest BCUT2D eigenvalue weighted by molar-refractivity contribution is 6.16. The molecule has 6 heteroatoms. The van der Waals surface area contributed by atoms with E-state index in [0.717, 1.165) is 61.4 Å². The summed E-state index contributed by atoms with van der Waals surface area (Å²) in [4.78, 5) is 21.1. The zero-order valence-electron chi connectivity index (χ0n) is 41.5. The minimum Gasteiger partial charge on any atom is -0.309 e. The lowest BCUT2D eigenvalue weighted by Gasteiger charge is -2.23. The summed E-state index contributed by atoms with van der Waals surface area (Å²) in [6.07, 6.45) is 1.93. The van der Waals surface area contributed by atoms with E-state index < -0.39 is 0 Å². The molecule has 0 atom stereocenters. The zero-order valence-corrected chi connectivity index (χ0v) is 41.5. The molecule has 15 rings (SSSR count). The summed E-state index contributed by atoms with van der Waals surface area (Å²) >= 11 is 0. The van der Waals surface area contributed by atoms with Crippen LogP contribution in [0.25, 0.3) is 123 Å². The maximum atomic E-state index is 5.47. The summed E-state index contributed by atoms with van der Waals surface area (Å²) in [5.74, 6) is 1.81. The molecular formula is C68H48N6. The maximum absolute atomic E-state index is 5.47. The number of pyridine rings is 1. The summed E-state index contributed by atoms with van der Waals surface area (Å²) in [6, 6.07) is 76.4. The average molecular weight is 949 g/mol. The van der Waals surface area contributed by atoms with Crippen molar-refractivity contribution in [2.75, 3.05) is 0 Å². The highest BCUT2D eigenvalue weighted by atomic mass is 15.0. The standard InChI is InChI=1S/C68H48N6/c1-67(2)51-28-15-11-24-44(51)46-34-37-56-59(61(46)67)48-26-13-17-30-53(48)73(56)55-36-33-43(66-71-64(41-20-7-5-8-21-41)70-65(72-66)42-22-9-6-10-23-42)40-50(55)63-58(32-19-39-69-63)74-54-31-18-14-27-49(54)60-57(74)38-35-47-45-25-12-16-29-52(45)68(3,4)62(47)60/h5-40H,1-4H3. The van der Waals surface area contributed by atoms with Gasteiger partial charge in [-0.25, -0.2) is 15.0 Å². The van der Waals surface area contributed by atoms with Gasteiger partial charge < -0.3 is 9.13 Å². The minimum atomic E-state index is -0.223. The first kappa shape index (κ1) is 42.4. The molecule has 0 fully saturated rings. The molecule has 0 radical (unpaired) electrons. The fourth-order valence-electron chi connectivity index (χ4n) is 13.0. The highest BCUT2D eigenvalue weighted by Gasteiger charge is 2.40. The van der Waals surface area contributed by atoms with Crippen LogP contribution in [0.15, 0.2) is 219 Å². The average Bonchev–Trinajstić information content (AvgIpc) is 4.13. The van der Waals surface area contributed by atoms with E-state index in [2.05, 4.69) is 213 Å². The second-order valence-electron chi connectivity index (χ2n) is 21.0. The quantitative estimate of drug-likeness (QED) is 0.167. The normalized spacial score (nSPS) is 13.9. The Labute approximate surface area is 429 Å². The number of hydrogen-bond donors (Lipinski definition) is 0. The summed E-state index contributed by atoms with van der Waals surface area (Å²) in [5.41, 5.74) is 21.2. The van der Waals surface area contributed by atoms with E-state index in [-0.39, 0.29) is 10.8 Å². The van der Waals surface area contributed by atoms with Crippen LogP contribution in [0.1, 0.15) is 49.9 Å². The fourth-order valence-corrected chi connectivity index (χ4v) is 13.0. The van der Waals surface area contributed by atoms with Gasteiger partial charge >= 0.3 is 0 Å². The van der Waals surface area contributed by atoms with Gasteiger partial charge in [-0.3, -0.25) is 4.98 Å². The molecule has 2 aliphatic rings. The summed E-state index contributed by atoms with van der Waals surface area (Å²) in [6.45, 7) is 9.52. The molecule has 6 nitrogen and oxygen atoms in total. The molecule has 0 aliphatic heterocycles. The third-order valence-electron chi connectivity index (χ3n) is 16.2. The number of benzene rings is 9. The number of aromatic nitrogens is 6. The molecule has 4 heterocycles. The van der Waals surface area contributed by atoms with Gasteiger partial charge in [-0.2, -0.15) is 0 Å². The van der Waals surface area contributed by atoms with Crippen molar-refractivity contribution < 1.29 is 0 Å². The predicted octanol–water partition coefficient (Wildman–Crippen LogP) is 16.7. The molecule has 0 saturated heterocycles. The Morgan fingerprint density at radius 3 is 1.34 bits per heavy atom. The molecule has 0 spiro atoms. The molecule has 0 N–H and O–H groups in total. The first-order chi connectivity index (χ1) is 36.3. The first-order valence-electron chi connectivity index (χ1n) is 25.6. The molecule has 350 valence electrons. The van der Waals surface area contributed by atoms with Crippen LogP contribution in [0.4, 0.5) is 0 Å². The van der Waals surface area contributed by atoms with Crippen molar-refractivity contribution in [3.05, 3.63) is 241 Å². The second kappa shape index (κ2) is 15.6. The van der Waals surface area contributed by atoms with Crippen molar-refractivity contribution in [3.63, 3.8) is 0 Å². The van der Waals surface area contributed by atoms with E-state index in [4.69, 9.17) is 19.9 Å². The van der Waals surface area contributed by atoms with Crippen molar-refractivity contribution in [2.45, 2.75) is 38.5 Å². The fraction of sp³-hybridized carbons (Fsp3) is 0.0882. The van der Waals surface area contributed by atoms with E-state index in [9.17, 15) is 0 Å². The molecule has 13 aromatic rings. The number of rotatable bonds is 6. The molecular weight excluding hydrogens is 901 g/mol. The highest BCUT2D eigenvalue weighted by Crippen LogP contribution is 2.55. The molecule has 0 saturated carbocycles. The SMILES string of the molecule is CC1(C)c2ccccc2-c2ccc3c(c21)c1ccccc1n3-c1ccc(-c2nc(-c3ccccc3)nc(-c3ccccc3)n2)cc1-c1ncccc1-n1c2ccccc2c2c3c(ccc21)-c1ccccc1C3(C)C. The van der Waals surface area contributed by atoms with Crippen LogP contribution in [-0.2, 0) is 10.8 Å². The molecule has 0 unspecified atom stereocenters. The van der Waals surface area contributed by atoms with Gasteiger partial charge in [0.2, 0.25) is 0 Å². The second-order valence-corrected chi connectivity index (χ2v) is 21.0. The Hall–Kier alpha value is -9.26. The molecule has 74 heavy (non-hydrogen) atoms. The Kier molecular flexibility index (Phi) is 8.95. The number of para-hydroxylation sites is 2. The van der Waals surface area contributed by atoms with Crippen LogP contribution in [0.3, 0.4) is 0 Å². The summed E-state index contributed by atoms with van der Waals surface area (Å²) in [7, 11) is 0. The van der Waals surface area contributed by atoms with Gasteiger partial charge in [0.1, 0.15) is 0 Å². The van der Waals surface area contributed by atoms with Gasteiger partial charge in [0.25, 0.3) is 0 Å². The largest absolute Gasteiger partial charge is 0.309 e. The lowest BCUT2D eigenvalue weighted by molar-refractivity contribution is 0.666. The first-order valence-corrected chi connectivity index (χ1v) is 25.6. The topological polar surface area (TPSA) is 61.4 Å². The van der Waals surface area contributed by atoms with E-state index >= 15 is 0 Å². The van der Waals surface area contributed by atoms with Crippen molar-refractivity contribution in [2.24, 2.45) is 0 Å². The van der Waals surface area contributed by atoms with Crippen molar-refractivity contribution in [3.8, 4) is 79.0 Å². The minimum absolute atomic E-state index is 0.214. The summed E-state index contributed by atoms with van der Waals surface area (Å²) < 4.78 is 4.92. The van der Waals surface area contributed by atoms with Gasteiger partial charge in [0.15, 0.2) is 17.5 Å². The molecule has 9 aromatic carbocycles. The van der Waals surface area contributed by atoms with Crippen molar-refractivity contribution in [1.29, 1.82) is 0 Å². The summed E-state index contributed by atoms with van der Waals surface area (Å²) in [5, 5.41) is 4.98. The van der Waals surface area contributed by atoms with E-state index in [1.54, 1.807) is 0 Å². The van der Waals surface area contributed by atoms with Crippen LogP contribution < -0.4 is 0 Å². The Morgan fingerprint density at radius 1 is 0.338 bits per heavy atom. The van der Waals surface area contributed by atoms with Crippen LogP contribution >= 0.6 is 0 Å². The van der Waals surface area contributed by atoms with Gasteiger partial charge in [0.05, 0.1) is 39.1 Å². The van der Waals surface area contributed by atoms with Gasteiger partial charge in [-0.1, -0.05) is 185 Å². The number of nitrogens with zero attached hydrogens (tertiary/aromatic N) is 6. The van der Waals surface area contributed by atoms with Crippen molar-refractivity contribution in [1.82, 2.24) is 29.1 Å². The third-order valence-corrected chi connectivity index (χ3v) is 16.2. The lowest BCUT2D eigenvalue weighted by Crippen LogP contribution is -2.15. The van der Waals surface area contributed by atoms with E-state index in [0.29, 0.717) is 17.5 Å². The zero-order chi connectivity index (χ0) is 49.5. The van der Waals surface area contributed by atoms with Gasteiger partial charge in [-0.05, 0) is 99.1 Å². The van der Waals surface area contributed by atoms with Gasteiger partial charge in [-0.15, -0.1) is 0 Å². The van der Waals surface area contributed by atoms with Crippen LogP contribution in [-0.4, -0.2) is 29.1 Å². The monoisotopic (exact) mass is 948 g/mol. The third kappa shape index (κ3) is 5.93. The van der Waals surface area contributed by atoms with Crippen LogP contribution in [0.2, 0.25) is 0 Å². The Bertz CT molecular complexity index is 4420. The lowest BCUT2D eigenvalue weighted by atomic mass is 9.80. The van der Waals surface area contributed by atoms with Crippen LogP contribution in [0, 0.1) is 0 Å². The van der Waals surface area contributed by atoms with E-state index in [1.165, 1.54) is 66.1 Å². The Morgan fingerprint density at radius 2 is 0.797 bits per heavy atom. The number of fused-ring (bicyclic) bond motifs is 14. The molecule has 0 amide bonds. The van der Waals surface area contributed by atoms with Crippen molar-refractivity contribution >= 4 is 43.6 Å². The maximum Gasteiger partial charge on any atom is 0.164 e. The molecule has 2 aliphatic carbocycles. The smallest absolute Gasteiger partial charge is 0.164 e. The Balaban J connectivity index is 1.03. The van der Waals surface area contributed by atoms with Crippen LogP contribution in [0.5, 0.6) is 0 Å².